The van der Waals surface area contributed by atoms with Gasteiger partial charge in [-0.05, 0) is 48.9 Å². The number of carbonyl (C=O) groups excluding carboxylic acids is 2. The summed E-state index contributed by atoms with van der Waals surface area (Å²) in [6.45, 7) is 3.31. The Hall–Kier alpha value is -4.01. The first kappa shape index (κ1) is 21.2. The Kier molecular flexibility index (Phi) is 6.54. The summed E-state index contributed by atoms with van der Waals surface area (Å²) in [7, 11) is 0. The van der Waals surface area contributed by atoms with Gasteiger partial charge in [-0.1, -0.05) is 18.2 Å². The highest BCUT2D eigenvalue weighted by molar-refractivity contribution is 6.00. The fraction of sp³-hybridized carbons (Fsp3) is 0.261. The topological polar surface area (TPSA) is 112 Å². The van der Waals surface area contributed by atoms with Crippen molar-refractivity contribution in [1.82, 2.24) is 20.5 Å². The minimum absolute atomic E-state index is 0.0284. The number of carbonyl (C=O) groups is 2. The van der Waals surface area contributed by atoms with Crippen LogP contribution in [0, 0.1) is 12.8 Å². The van der Waals surface area contributed by atoms with Crippen LogP contribution in [0.15, 0.2) is 60.8 Å². The van der Waals surface area contributed by atoms with Crippen LogP contribution in [0.4, 0.5) is 23.1 Å². The normalized spacial score (nSPS) is 15.5. The number of hydrogen-bond acceptors (Lipinski definition) is 7. The van der Waals surface area contributed by atoms with Crippen LogP contribution in [0.25, 0.3) is 0 Å². The summed E-state index contributed by atoms with van der Waals surface area (Å²) in [5, 5.41) is 17.4. The van der Waals surface area contributed by atoms with Crippen molar-refractivity contribution in [2.45, 2.75) is 13.3 Å². The zero-order valence-electron chi connectivity index (χ0n) is 17.8. The second-order valence-electron chi connectivity index (χ2n) is 7.61. The first-order valence-corrected chi connectivity index (χ1v) is 10.5. The number of aromatic nitrogens is 3. The molecule has 0 radical (unpaired) electrons. The van der Waals surface area contributed by atoms with Crippen LogP contribution in [-0.4, -0.2) is 46.6 Å². The molecule has 9 heteroatoms. The summed E-state index contributed by atoms with van der Waals surface area (Å²) in [6.07, 6.45) is 1.96. The van der Waals surface area contributed by atoms with E-state index in [-0.39, 0.29) is 24.2 Å². The second kappa shape index (κ2) is 9.86. The van der Waals surface area contributed by atoms with Gasteiger partial charge in [0.2, 0.25) is 11.8 Å². The summed E-state index contributed by atoms with van der Waals surface area (Å²) < 4.78 is 0. The van der Waals surface area contributed by atoms with Crippen LogP contribution < -0.4 is 20.9 Å². The van der Waals surface area contributed by atoms with Gasteiger partial charge in [-0.3, -0.25) is 9.59 Å². The summed E-state index contributed by atoms with van der Waals surface area (Å²) in [6, 6.07) is 16.9. The molecule has 2 amide bonds. The highest BCUT2D eigenvalue weighted by Gasteiger charge is 2.34. The average Bonchev–Trinajstić information content (AvgIpc) is 3.20. The zero-order chi connectivity index (χ0) is 22.3. The minimum atomic E-state index is -0.344. The molecule has 1 atom stereocenters. The smallest absolute Gasteiger partial charge is 0.227 e. The zero-order valence-corrected chi connectivity index (χ0v) is 17.8. The maximum Gasteiger partial charge on any atom is 0.227 e. The number of hydrogen-bond donors (Lipinski definition) is 3. The largest absolute Gasteiger partial charge is 0.367 e. The molecule has 0 saturated carbocycles. The first-order valence-electron chi connectivity index (χ1n) is 10.5. The number of nitrogens with zero attached hydrogens (tertiary/aromatic N) is 4. The van der Waals surface area contributed by atoms with Gasteiger partial charge in [0.25, 0.3) is 0 Å². The van der Waals surface area contributed by atoms with Gasteiger partial charge in [0, 0.05) is 37.9 Å². The van der Waals surface area contributed by atoms with E-state index in [0.29, 0.717) is 37.1 Å². The van der Waals surface area contributed by atoms with Gasteiger partial charge in [0.1, 0.15) is 11.6 Å². The Morgan fingerprint density at radius 2 is 1.81 bits per heavy atom. The van der Waals surface area contributed by atoms with Crippen molar-refractivity contribution >= 4 is 35.0 Å². The second-order valence-corrected chi connectivity index (χ2v) is 7.61. The van der Waals surface area contributed by atoms with E-state index in [1.807, 2.05) is 49.4 Å². The first-order chi connectivity index (χ1) is 15.6. The van der Waals surface area contributed by atoms with Crippen molar-refractivity contribution in [3.8, 4) is 0 Å². The van der Waals surface area contributed by atoms with Crippen LogP contribution in [0.5, 0.6) is 0 Å². The number of rotatable bonds is 8. The fourth-order valence-electron chi connectivity index (χ4n) is 3.49. The number of pyridine rings is 1. The number of amides is 2. The Bertz CT molecular complexity index is 1070. The van der Waals surface area contributed by atoms with Crippen molar-refractivity contribution in [1.29, 1.82) is 0 Å². The van der Waals surface area contributed by atoms with Gasteiger partial charge in [0.15, 0.2) is 5.82 Å². The molecule has 0 bridgehead atoms. The van der Waals surface area contributed by atoms with Gasteiger partial charge in [-0.2, -0.15) is 0 Å². The molecular weight excluding hydrogens is 406 g/mol. The van der Waals surface area contributed by atoms with Gasteiger partial charge < -0.3 is 20.9 Å². The summed E-state index contributed by atoms with van der Waals surface area (Å²) >= 11 is 0. The van der Waals surface area contributed by atoms with Gasteiger partial charge in [0.05, 0.1) is 5.92 Å². The third-order valence-corrected chi connectivity index (χ3v) is 5.13. The Morgan fingerprint density at radius 1 is 1.03 bits per heavy atom. The van der Waals surface area contributed by atoms with Crippen LogP contribution in [-0.2, 0) is 9.59 Å². The molecule has 1 fully saturated rings. The maximum absolute atomic E-state index is 12.5. The molecular formula is C23H25N7O2. The molecule has 1 saturated heterocycles. The molecule has 1 aromatic carbocycles. The molecule has 164 valence electrons. The van der Waals surface area contributed by atoms with E-state index in [0.717, 1.165) is 11.3 Å². The van der Waals surface area contributed by atoms with Gasteiger partial charge in [-0.25, -0.2) is 4.98 Å². The molecule has 0 unspecified atom stereocenters. The Morgan fingerprint density at radius 3 is 2.56 bits per heavy atom. The lowest BCUT2D eigenvalue weighted by Crippen LogP contribution is -2.35. The highest BCUT2D eigenvalue weighted by Crippen LogP contribution is 2.24. The predicted molar refractivity (Wildman–Crippen MR) is 123 cm³/mol. The molecule has 3 heterocycles. The van der Waals surface area contributed by atoms with Crippen molar-refractivity contribution in [2.24, 2.45) is 5.92 Å². The molecule has 0 aliphatic carbocycles. The number of aryl methyl sites for hydroxylation is 1. The van der Waals surface area contributed by atoms with E-state index in [4.69, 9.17) is 0 Å². The van der Waals surface area contributed by atoms with Crippen molar-refractivity contribution < 1.29 is 9.59 Å². The van der Waals surface area contributed by atoms with Crippen LogP contribution in [0.1, 0.15) is 12.0 Å². The lowest BCUT2D eigenvalue weighted by molar-refractivity contribution is -0.126. The lowest BCUT2D eigenvalue weighted by atomic mass is 10.1. The standard InChI is InChI=1S/C23H25N7O2/c1-16-9-10-24-21(13-16)27-20-8-7-19(28-29-20)25-11-12-26-23(32)17-14-22(31)30(15-17)18-5-3-2-4-6-18/h2-10,13,17H,11-12,14-15H2,1H3,(H,25,28)(H,26,32)(H,24,27,29)/t17-/m0/s1. The Labute approximate surface area is 186 Å². The molecule has 2 aromatic heterocycles. The monoisotopic (exact) mass is 431 g/mol. The van der Waals surface area contributed by atoms with Crippen LogP contribution >= 0.6 is 0 Å². The third kappa shape index (κ3) is 5.37. The van der Waals surface area contributed by atoms with Gasteiger partial charge >= 0.3 is 0 Å². The van der Waals surface area contributed by atoms with Crippen LogP contribution in [0.2, 0.25) is 0 Å². The lowest BCUT2D eigenvalue weighted by Gasteiger charge is -2.16. The highest BCUT2D eigenvalue weighted by atomic mass is 16.2. The van der Waals surface area contributed by atoms with Crippen LogP contribution in [0.3, 0.4) is 0 Å². The van der Waals surface area contributed by atoms with Crippen molar-refractivity contribution in [3.63, 3.8) is 0 Å². The molecule has 1 aliphatic heterocycles. The summed E-state index contributed by atoms with van der Waals surface area (Å²) in [5.41, 5.74) is 1.93. The SMILES string of the molecule is Cc1ccnc(Nc2ccc(NCCNC(=O)[C@H]3CC(=O)N(c4ccccc4)C3)nn2)c1. The Balaban J connectivity index is 1.20. The van der Waals surface area contributed by atoms with E-state index in [1.165, 1.54) is 0 Å². The average molecular weight is 432 g/mol. The number of benzene rings is 1. The fourth-order valence-corrected chi connectivity index (χ4v) is 3.49. The maximum atomic E-state index is 12.5. The van der Waals surface area contributed by atoms with E-state index in [2.05, 4.69) is 31.1 Å². The summed E-state index contributed by atoms with van der Waals surface area (Å²) in [4.78, 5) is 30.6. The molecule has 3 aromatic rings. The number of nitrogens with one attached hydrogen (secondary N) is 3. The molecule has 3 N–H and O–H groups in total. The third-order valence-electron chi connectivity index (χ3n) is 5.13. The minimum Gasteiger partial charge on any atom is -0.367 e. The quantitative estimate of drug-likeness (QED) is 0.470. The van der Waals surface area contributed by atoms with Gasteiger partial charge in [-0.15, -0.1) is 10.2 Å². The molecule has 32 heavy (non-hydrogen) atoms. The molecule has 0 spiro atoms. The number of para-hydroxylation sites is 1. The molecule has 9 nitrogen and oxygen atoms in total. The van der Waals surface area contributed by atoms with Crippen molar-refractivity contribution in [2.75, 3.05) is 35.2 Å². The van der Waals surface area contributed by atoms with E-state index >= 15 is 0 Å². The van der Waals surface area contributed by atoms with E-state index in [9.17, 15) is 9.59 Å². The van der Waals surface area contributed by atoms with Crippen molar-refractivity contribution in [3.05, 3.63) is 66.4 Å². The van der Waals surface area contributed by atoms with E-state index < -0.39 is 0 Å². The number of anilines is 4. The van der Waals surface area contributed by atoms with E-state index in [1.54, 1.807) is 23.2 Å². The molecule has 4 rings (SSSR count). The summed E-state index contributed by atoms with van der Waals surface area (Å²) in [5.74, 6) is 1.42. The molecule has 1 aliphatic rings. The predicted octanol–water partition coefficient (Wildman–Crippen LogP) is 2.50.